The lowest BCUT2D eigenvalue weighted by Crippen LogP contribution is -2.07. The fourth-order valence-electron chi connectivity index (χ4n) is 2.05. The van der Waals surface area contributed by atoms with Crippen LogP contribution in [0.2, 0.25) is 0 Å². The molecule has 2 rings (SSSR count). The van der Waals surface area contributed by atoms with Gasteiger partial charge in [-0.05, 0) is 30.7 Å². The van der Waals surface area contributed by atoms with Crippen LogP contribution < -0.4 is 4.90 Å². The summed E-state index contributed by atoms with van der Waals surface area (Å²) in [5.41, 5.74) is 3.43. The van der Waals surface area contributed by atoms with Gasteiger partial charge in [0.1, 0.15) is 0 Å². The third-order valence-electron chi connectivity index (χ3n) is 3.47. The van der Waals surface area contributed by atoms with Gasteiger partial charge in [0.2, 0.25) is 5.78 Å². The third-order valence-corrected chi connectivity index (χ3v) is 3.47. The van der Waals surface area contributed by atoms with Crippen molar-refractivity contribution >= 4 is 17.5 Å². The van der Waals surface area contributed by atoms with Gasteiger partial charge in [-0.2, -0.15) is 0 Å². The summed E-state index contributed by atoms with van der Waals surface area (Å²) < 4.78 is 13.9. The lowest BCUT2D eigenvalue weighted by Gasteiger charge is -2.11. The van der Waals surface area contributed by atoms with Gasteiger partial charge in [0.25, 0.3) is 0 Å². The molecule has 2 nitrogen and oxygen atoms in total. The molecule has 0 atom stereocenters. The number of nitrogens with zero attached hydrogens (tertiary/aromatic N) is 1. The molecule has 0 fully saturated rings. The van der Waals surface area contributed by atoms with Crippen LogP contribution in [0.5, 0.6) is 0 Å². The Morgan fingerprint density at radius 2 is 1.61 bits per heavy atom. The van der Waals surface area contributed by atoms with Gasteiger partial charge in [-0.15, -0.1) is 0 Å². The molecule has 0 amide bonds. The predicted molar refractivity (Wildman–Crippen MR) is 94.5 cm³/mol. The van der Waals surface area contributed by atoms with Crippen molar-refractivity contribution in [3.05, 3.63) is 83.2 Å². The first-order valence-electron chi connectivity index (χ1n) is 7.40. The molecule has 3 heteroatoms. The number of ketones is 1. The average molecular weight is 309 g/mol. The van der Waals surface area contributed by atoms with Crippen LogP contribution in [-0.4, -0.2) is 19.9 Å². The number of anilines is 1. The minimum absolute atomic E-state index is 0.355. The first-order chi connectivity index (χ1) is 11.0. The molecule has 0 aliphatic carbocycles. The lowest BCUT2D eigenvalue weighted by molar-refractivity contribution is 0.100. The molecule has 0 aliphatic heterocycles. The molecule has 0 N–H and O–H groups in total. The summed E-state index contributed by atoms with van der Waals surface area (Å²) in [6.07, 6.45) is 4.51. The van der Waals surface area contributed by atoms with E-state index in [1.54, 1.807) is 36.4 Å². The van der Waals surface area contributed by atoms with E-state index in [1.807, 2.05) is 50.2 Å². The molecule has 23 heavy (non-hydrogen) atoms. The van der Waals surface area contributed by atoms with Crippen molar-refractivity contribution in [1.29, 1.82) is 0 Å². The summed E-state index contributed by atoms with van der Waals surface area (Å²) >= 11 is 0. The zero-order valence-corrected chi connectivity index (χ0v) is 13.6. The largest absolute Gasteiger partial charge is 0.378 e. The maximum Gasteiger partial charge on any atom is 0.221 e. The number of aryl methyl sites for hydroxylation is 1. The maximum absolute atomic E-state index is 13.9. The molecule has 0 aromatic heterocycles. The van der Waals surface area contributed by atoms with E-state index in [9.17, 15) is 9.18 Å². The van der Waals surface area contributed by atoms with Gasteiger partial charge in [0.15, 0.2) is 5.83 Å². The molecule has 2 aromatic rings. The van der Waals surface area contributed by atoms with Crippen LogP contribution in [0.15, 0.2) is 66.5 Å². The van der Waals surface area contributed by atoms with E-state index in [4.69, 9.17) is 0 Å². The van der Waals surface area contributed by atoms with Crippen LogP contribution in [0.3, 0.4) is 0 Å². The van der Waals surface area contributed by atoms with Gasteiger partial charge in [-0.1, -0.05) is 54.1 Å². The van der Waals surface area contributed by atoms with Crippen LogP contribution in [-0.2, 0) is 0 Å². The summed E-state index contributed by atoms with van der Waals surface area (Å²) in [5, 5.41) is 0. The van der Waals surface area contributed by atoms with E-state index < -0.39 is 11.6 Å². The highest BCUT2D eigenvalue weighted by atomic mass is 19.1. The van der Waals surface area contributed by atoms with Crippen molar-refractivity contribution in [1.82, 2.24) is 0 Å². The first kappa shape index (κ1) is 16.7. The molecule has 0 saturated carbocycles. The van der Waals surface area contributed by atoms with Crippen LogP contribution in [0, 0.1) is 6.92 Å². The second-order valence-electron chi connectivity index (χ2n) is 5.55. The molecule has 0 bridgehead atoms. The van der Waals surface area contributed by atoms with Gasteiger partial charge in [0.05, 0.1) is 0 Å². The van der Waals surface area contributed by atoms with E-state index in [2.05, 4.69) is 0 Å². The van der Waals surface area contributed by atoms with E-state index in [0.29, 0.717) is 5.56 Å². The number of carbonyl (C=O) groups is 1. The molecule has 118 valence electrons. The molecule has 0 unspecified atom stereocenters. The fourth-order valence-corrected chi connectivity index (χ4v) is 2.05. The van der Waals surface area contributed by atoms with E-state index in [1.165, 1.54) is 6.08 Å². The molecule has 0 spiro atoms. The summed E-state index contributed by atoms with van der Waals surface area (Å²) in [4.78, 5) is 13.9. The molecular weight excluding hydrogens is 289 g/mol. The number of hydrogen-bond donors (Lipinski definition) is 0. The van der Waals surface area contributed by atoms with Crippen LogP contribution >= 0.6 is 0 Å². The molecule has 0 heterocycles. The number of hydrogen-bond acceptors (Lipinski definition) is 2. The van der Waals surface area contributed by atoms with E-state index in [0.717, 1.165) is 16.8 Å². The fraction of sp³-hybridized carbons (Fsp3) is 0.150. The third kappa shape index (κ3) is 4.65. The Kier molecular flexibility index (Phi) is 5.47. The Labute approximate surface area is 136 Å². The van der Waals surface area contributed by atoms with E-state index in [-0.39, 0.29) is 0 Å². The Morgan fingerprint density at radius 3 is 2.17 bits per heavy atom. The Bertz CT molecular complexity index is 725. The van der Waals surface area contributed by atoms with Crippen molar-refractivity contribution in [2.24, 2.45) is 0 Å². The molecule has 0 aliphatic rings. The predicted octanol–water partition coefficient (Wildman–Crippen LogP) is 4.81. The Hall–Kier alpha value is -2.68. The number of carbonyl (C=O) groups excluding carboxylic acids is 1. The normalized spacial score (nSPS) is 11.7. The highest BCUT2D eigenvalue weighted by Gasteiger charge is 2.10. The summed E-state index contributed by atoms with van der Waals surface area (Å²) in [5.74, 6) is -1.37. The van der Waals surface area contributed by atoms with Crippen molar-refractivity contribution in [3.63, 3.8) is 0 Å². The first-order valence-corrected chi connectivity index (χ1v) is 7.40. The summed E-state index contributed by atoms with van der Waals surface area (Å²) in [7, 11) is 3.94. The van der Waals surface area contributed by atoms with Crippen molar-refractivity contribution in [2.45, 2.75) is 6.92 Å². The van der Waals surface area contributed by atoms with Crippen molar-refractivity contribution in [2.75, 3.05) is 19.0 Å². The molecule has 0 radical (unpaired) electrons. The number of Topliss-reactive ketones (excluding diaryl/α,β-unsaturated/α-hetero) is 1. The van der Waals surface area contributed by atoms with Gasteiger partial charge in [-0.3, -0.25) is 4.79 Å². The van der Waals surface area contributed by atoms with Gasteiger partial charge >= 0.3 is 0 Å². The molecule has 2 aromatic carbocycles. The van der Waals surface area contributed by atoms with E-state index >= 15 is 0 Å². The van der Waals surface area contributed by atoms with Crippen LogP contribution in [0.4, 0.5) is 10.1 Å². The number of benzene rings is 2. The lowest BCUT2D eigenvalue weighted by atomic mass is 10.1. The average Bonchev–Trinajstić information content (AvgIpc) is 2.55. The van der Waals surface area contributed by atoms with Gasteiger partial charge in [0, 0.05) is 25.3 Å². The monoisotopic (exact) mass is 309 g/mol. The Balaban J connectivity index is 2.06. The van der Waals surface area contributed by atoms with Crippen LogP contribution in [0.25, 0.3) is 6.08 Å². The zero-order chi connectivity index (χ0) is 16.8. The maximum atomic E-state index is 13.9. The molecule has 0 saturated heterocycles. The standard InChI is InChI=1S/C20H20FNO/c1-15-7-11-17(12-8-15)20(23)19(21)6-4-5-16-9-13-18(14-10-16)22(2)3/h4-14H,1-3H3/b5-4+,19-6-. The van der Waals surface area contributed by atoms with Gasteiger partial charge < -0.3 is 4.90 Å². The number of halogens is 1. The second-order valence-corrected chi connectivity index (χ2v) is 5.55. The SMILES string of the molecule is Cc1ccc(C(=O)/C(F)=C/C=C/c2ccc(N(C)C)cc2)cc1. The highest BCUT2D eigenvalue weighted by Crippen LogP contribution is 2.14. The van der Waals surface area contributed by atoms with Gasteiger partial charge in [-0.25, -0.2) is 4.39 Å². The minimum Gasteiger partial charge on any atom is -0.378 e. The number of allylic oxidation sites excluding steroid dienone is 3. The zero-order valence-electron chi connectivity index (χ0n) is 13.6. The number of rotatable bonds is 5. The smallest absolute Gasteiger partial charge is 0.221 e. The quantitative estimate of drug-likeness (QED) is 0.449. The topological polar surface area (TPSA) is 20.3 Å². The summed E-state index contributed by atoms with van der Waals surface area (Å²) in [6, 6.07) is 14.7. The highest BCUT2D eigenvalue weighted by molar-refractivity contribution is 6.07. The van der Waals surface area contributed by atoms with Crippen molar-refractivity contribution < 1.29 is 9.18 Å². The molecular formula is C20H20FNO. The second kappa shape index (κ2) is 7.54. The Morgan fingerprint density at radius 1 is 1.00 bits per heavy atom. The van der Waals surface area contributed by atoms with Crippen molar-refractivity contribution in [3.8, 4) is 0 Å². The summed E-state index contributed by atoms with van der Waals surface area (Å²) in [6.45, 7) is 1.92. The minimum atomic E-state index is -0.769. The van der Waals surface area contributed by atoms with Crippen LogP contribution in [0.1, 0.15) is 21.5 Å².